The molecule has 0 spiro atoms. The summed E-state index contributed by atoms with van der Waals surface area (Å²) < 4.78 is 0. The van der Waals surface area contributed by atoms with Gasteiger partial charge in [-0.3, -0.25) is 15.1 Å². The van der Waals surface area contributed by atoms with Crippen LogP contribution in [0.4, 0.5) is 0 Å². The molecule has 0 aromatic carbocycles. The Morgan fingerprint density at radius 1 is 1.35 bits per heavy atom. The Morgan fingerprint density at radius 3 is 2.75 bits per heavy atom. The maximum absolute atomic E-state index is 11.4. The van der Waals surface area contributed by atoms with E-state index < -0.39 is 0 Å². The molecular weight excluding hydrogens is 274 g/mol. The van der Waals surface area contributed by atoms with Crippen LogP contribution in [0.3, 0.4) is 0 Å². The molecule has 0 aliphatic rings. The van der Waals surface area contributed by atoms with Gasteiger partial charge in [0.25, 0.3) is 5.91 Å². The Kier molecular flexibility index (Phi) is 4.78. The van der Waals surface area contributed by atoms with Crippen molar-refractivity contribution in [1.82, 2.24) is 20.3 Å². The van der Waals surface area contributed by atoms with E-state index in [0.717, 1.165) is 22.9 Å². The molecule has 0 aliphatic carbocycles. The molecule has 3 N–H and O–H groups in total. The first kappa shape index (κ1) is 14.6. The molecule has 6 nitrogen and oxygen atoms in total. The number of nitrogens with two attached hydrogens (primary N) is 1. The first-order valence-electron chi connectivity index (χ1n) is 6.15. The number of nitrogens with one attached hydrogen (secondary N) is 1. The molecule has 20 heavy (non-hydrogen) atoms. The minimum absolute atomic E-state index is 0.322. The predicted octanol–water partition coefficient (Wildman–Crippen LogP) is 1.08. The molecule has 0 unspecified atom stereocenters. The van der Waals surface area contributed by atoms with Crippen LogP contribution < -0.4 is 11.3 Å². The number of aryl methyl sites for hydroxylation is 1. The summed E-state index contributed by atoms with van der Waals surface area (Å²) >= 11 is 1.64. The SMILES string of the molecule is Cc1nc(CN(C)Cc2cccc(C(=O)NN)n2)cs1. The van der Waals surface area contributed by atoms with Gasteiger partial charge >= 0.3 is 0 Å². The summed E-state index contributed by atoms with van der Waals surface area (Å²) in [4.78, 5) is 22.2. The van der Waals surface area contributed by atoms with E-state index in [2.05, 4.69) is 25.7 Å². The minimum atomic E-state index is -0.385. The normalized spacial score (nSPS) is 10.8. The fourth-order valence-electron chi connectivity index (χ4n) is 1.86. The van der Waals surface area contributed by atoms with Gasteiger partial charge in [0.2, 0.25) is 0 Å². The molecule has 106 valence electrons. The summed E-state index contributed by atoms with van der Waals surface area (Å²) in [6.07, 6.45) is 0. The average Bonchev–Trinajstić information content (AvgIpc) is 2.83. The van der Waals surface area contributed by atoms with Crippen LogP contribution in [0.1, 0.15) is 26.9 Å². The predicted molar refractivity (Wildman–Crippen MR) is 77.9 cm³/mol. The van der Waals surface area contributed by atoms with Crippen molar-refractivity contribution in [2.24, 2.45) is 5.84 Å². The summed E-state index contributed by atoms with van der Waals surface area (Å²) in [5, 5.41) is 3.12. The summed E-state index contributed by atoms with van der Waals surface area (Å²) in [5.41, 5.74) is 4.27. The van der Waals surface area contributed by atoms with Gasteiger partial charge in [-0.15, -0.1) is 11.3 Å². The zero-order chi connectivity index (χ0) is 14.5. The standard InChI is InChI=1S/C13H17N5OS/c1-9-15-11(8-20-9)7-18(2)6-10-4-3-5-12(16-10)13(19)17-14/h3-5,8H,6-7,14H2,1-2H3,(H,17,19). The first-order valence-corrected chi connectivity index (χ1v) is 7.03. The van der Waals surface area contributed by atoms with Gasteiger partial charge in [-0.1, -0.05) is 6.07 Å². The number of hydrogen-bond donors (Lipinski definition) is 2. The number of hydrazine groups is 1. The molecule has 2 aromatic rings. The minimum Gasteiger partial charge on any atom is -0.295 e. The van der Waals surface area contributed by atoms with Gasteiger partial charge in [0, 0.05) is 18.5 Å². The fourth-order valence-corrected chi connectivity index (χ4v) is 2.46. The first-order chi connectivity index (χ1) is 9.58. The zero-order valence-electron chi connectivity index (χ0n) is 11.5. The third-order valence-electron chi connectivity index (χ3n) is 2.70. The molecule has 0 aliphatic heterocycles. The lowest BCUT2D eigenvalue weighted by atomic mass is 10.2. The molecule has 2 rings (SSSR count). The van der Waals surface area contributed by atoms with E-state index in [1.807, 2.05) is 20.0 Å². The lowest BCUT2D eigenvalue weighted by molar-refractivity contribution is 0.0948. The lowest BCUT2D eigenvalue weighted by Crippen LogP contribution is -2.31. The van der Waals surface area contributed by atoms with Gasteiger partial charge in [0.05, 0.1) is 16.4 Å². The van der Waals surface area contributed by atoms with Crippen molar-refractivity contribution < 1.29 is 4.79 Å². The van der Waals surface area contributed by atoms with Crippen LogP contribution in [-0.2, 0) is 13.1 Å². The Balaban J connectivity index is 2.00. The number of thiazole rings is 1. The largest absolute Gasteiger partial charge is 0.295 e. The van der Waals surface area contributed by atoms with E-state index in [9.17, 15) is 4.79 Å². The molecule has 2 heterocycles. The molecule has 0 fully saturated rings. The average molecular weight is 291 g/mol. The Labute approximate surface area is 121 Å². The van der Waals surface area contributed by atoms with E-state index >= 15 is 0 Å². The molecule has 1 amide bonds. The van der Waals surface area contributed by atoms with Gasteiger partial charge in [-0.25, -0.2) is 15.8 Å². The van der Waals surface area contributed by atoms with Gasteiger partial charge in [-0.05, 0) is 26.1 Å². The van der Waals surface area contributed by atoms with Gasteiger partial charge in [-0.2, -0.15) is 0 Å². The Bertz CT molecular complexity index is 598. The summed E-state index contributed by atoms with van der Waals surface area (Å²) in [7, 11) is 1.99. The molecule has 0 saturated carbocycles. The Hall–Kier alpha value is -1.83. The summed E-state index contributed by atoms with van der Waals surface area (Å²) in [6.45, 7) is 3.38. The number of nitrogens with zero attached hydrogens (tertiary/aromatic N) is 3. The number of aromatic nitrogens is 2. The highest BCUT2D eigenvalue weighted by molar-refractivity contribution is 7.09. The second-order valence-electron chi connectivity index (χ2n) is 4.52. The number of amides is 1. The van der Waals surface area contributed by atoms with E-state index in [1.54, 1.807) is 23.5 Å². The van der Waals surface area contributed by atoms with Crippen LogP contribution in [0.2, 0.25) is 0 Å². The van der Waals surface area contributed by atoms with E-state index in [0.29, 0.717) is 12.2 Å². The maximum Gasteiger partial charge on any atom is 0.283 e. The number of pyridine rings is 1. The van der Waals surface area contributed by atoms with E-state index in [4.69, 9.17) is 5.84 Å². The van der Waals surface area contributed by atoms with Crippen molar-refractivity contribution >= 4 is 17.2 Å². The van der Waals surface area contributed by atoms with E-state index in [1.165, 1.54) is 0 Å². The smallest absolute Gasteiger partial charge is 0.283 e. The highest BCUT2D eigenvalue weighted by atomic mass is 32.1. The van der Waals surface area contributed by atoms with Crippen molar-refractivity contribution in [3.05, 3.63) is 45.7 Å². The van der Waals surface area contributed by atoms with Crippen LogP contribution in [0, 0.1) is 6.92 Å². The second kappa shape index (κ2) is 6.56. The Morgan fingerprint density at radius 2 is 2.10 bits per heavy atom. The molecule has 0 radical (unpaired) electrons. The zero-order valence-corrected chi connectivity index (χ0v) is 12.3. The molecule has 0 atom stereocenters. The summed E-state index contributed by atoms with van der Waals surface area (Å²) in [6, 6.07) is 5.32. The number of carbonyl (C=O) groups excluding carboxylic acids is 1. The third kappa shape index (κ3) is 3.83. The van der Waals surface area contributed by atoms with Crippen LogP contribution >= 0.6 is 11.3 Å². The van der Waals surface area contributed by atoms with Crippen molar-refractivity contribution in [1.29, 1.82) is 0 Å². The maximum atomic E-state index is 11.4. The van der Waals surface area contributed by atoms with Crippen molar-refractivity contribution in [2.75, 3.05) is 7.05 Å². The monoisotopic (exact) mass is 291 g/mol. The second-order valence-corrected chi connectivity index (χ2v) is 5.58. The van der Waals surface area contributed by atoms with Crippen LogP contribution in [0.25, 0.3) is 0 Å². The van der Waals surface area contributed by atoms with Crippen LogP contribution in [0.15, 0.2) is 23.6 Å². The number of rotatable bonds is 5. The van der Waals surface area contributed by atoms with Crippen molar-refractivity contribution in [3.8, 4) is 0 Å². The molecule has 7 heteroatoms. The fraction of sp³-hybridized carbons (Fsp3) is 0.308. The highest BCUT2D eigenvalue weighted by Crippen LogP contribution is 2.11. The van der Waals surface area contributed by atoms with Gasteiger partial charge in [0.1, 0.15) is 5.69 Å². The molecule has 2 aromatic heterocycles. The van der Waals surface area contributed by atoms with Crippen LogP contribution in [-0.4, -0.2) is 27.8 Å². The lowest BCUT2D eigenvalue weighted by Gasteiger charge is -2.15. The van der Waals surface area contributed by atoms with Crippen molar-refractivity contribution in [2.45, 2.75) is 20.0 Å². The topological polar surface area (TPSA) is 84.1 Å². The quantitative estimate of drug-likeness (QED) is 0.489. The molecular formula is C13H17N5OS. The number of hydrogen-bond acceptors (Lipinski definition) is 6. The number of carbonyl (C=O) groups is 1. The summed E-state index contributed by atoms with van der Waals surface area (Å²) in [5.74, 6) is 4.72. The van der Waals surface area contributed by atoms with Crippen molar-refractivity contribution in [3.63, 3.8) is 0 Å². The van der Waals surface area contributed by atoms with Gasteiger partial charge < -0.3 is 0 Å². The van der Waals surface area contributed by atoms with Gasteiger partial charge in [0.15, 0.2) is 0 Å². The molecule has 0 bridgehead atoms. The third-order valence-corrected chi connectivity index (χ3v) is 3.52. The number of nitrogen functional groups attached to an aromatic ring is 1. The molecule has 0 saturated heterocycles. The van der Waals surface area contributed by atoms with E-state index in [-0.39, 0.29) is 5.91 Å². The highest BCUT2D eigenvalue weighted by Gasteiger charge is 2.09. The van der Waals surface area contributed by atoms with Crippen LogP contribution in [0.5, 0.6) is 0 Å².